The van der Waals surface area contributed by atoms with E-state index in [2.05, 4.69) is 11.8 Å². The molecule has 1 atom stereocenters. The lowest BCUT2D eigenvalue weighted by molar-refractivity contribution is 0.0380. The number of ether oxygens (including phenoxy) is 1. The van der Waals surface area contributed by atoms with Gasteiger partial charge in [-0.25, -0.2) is 4.39 Å². The maximum atomic E-state index is 13.8. The van der Waals surface area contributed by atoms with Gasteiger partial charge in [-0.15, -0.1) is 0 Å². The minimum Gasteiger partial charge on any atom is -0.389 e. The molecule has 0 aliphatic heterocycles. The predicted octanol–water partition coefficient (Wildman–Crippen LogP) is 0.249. The normalized spacial score (nSPS) is 11.5. The van der Waals surface area contributed by atoms with Crippen LogP contribution in [0, 0.1) is 17.7 Å². The van der Waals surface area contributed by atoms with Gasteiger partial charge < -0.3 is 19.8 Å². The fourth-order valence-corrected chi connectivity index (χ4v) is 1.75. The third-order valence-corrected chi connectivity index (χ3v) is 2.71. The van der Waals surface area contributed by atoms with E-state index in [4.69, 9.17) is 9.84 Å². The number of amides is 1. The molecule has 2 N–H and O–H groups in total. The number of hydrogen-bond donors (Lipinski definition) is 2. The van der Waals surface area contributed by atoms with Crippen LogP contribution in [0.25, 0.3) is 0 Å². The number of carbonyl (C=O) groups excluding carboxylic acids is 1. The van der Waals surface area contributed by atoms with Gasteiger partial charge in [0.25, 0.3) is 5.91 Å². The van der Waals surface area contributed by atoms with Gasteiger partial charge in [-0.3, -0.25) is 4.79 Å². The molecule has 1 rings (SSSR count). The summed E-state index contributed by atoms with van der Waals surface area (Å²) in [6, 6.07) is 3.92. The van der Waals surface area contributed by atoms with Gasteiger partial charge in [0, 0.05) is 26.3 Å². The molecule has 0 aliphatic rings. The first-order valence-electron chi connectivity index (χ1n) is 6.31. The van der Waals surface area contributed by atoms with E-state index in [1.807, 2.05) is 0 Å². The highest BCUT2D eigenvalue weighted by atomic mass is 19.1. The number of benzene rings is 1. The second-order valence-electron chi connectivity index (χ2n) is 4.45. The maximum Gasteiger partial charge on any atom is 0.253 e. The first-order valence-corrected chi connectivity index (χ1v) is 6.31. The van der Waals surface area contributed by atoms with Crippen LogP contribution in [0.5, 0.6) is 0 Å². The van der Waals surface area contributed by atoms with Crippen LogP contribution in [0.3, 0.4) is 0 Å². The molecule has 1 amide bonds. The molecule has 0 saturated carbocycles. The van der Waals surface area contributed by atoms with E-state index in [9.17, 15) is 14.3 Å². The Morgan fingerprint density at radius 1 is 1.52 bits per heavy atom. The van der Waals surface area contributed by atoms with Gasteiger partial charge in [0.05, 0.1) is 18.3 Å². The minimum absolute atomic E-state index is 0.0837. The summed E-state index contributed by atoms with van der Waals surface area (Å²) < 4.78 is 18.5. The number of carbonyl (C=O) groups is 1. The Hall–Kier alpha value is -1.94. The summed E-state index contributed by atoms with van der Waals surface area (Å²) in [4.78, 5) is 13.4. The number of rotatable bonds is 5. The molecule has 6 heteroatoms. The highest BCUT2D eigenvalue weighted by Crippen LogP contribution is 2.11. The van der Waals surface area contributed by atoms with Crippen LogP contribution in [0.1, 0.15) is 15.9 Å². The molecule has 0 bridgehead atoms. The van der Waals surface area contributed by atoms with E-state index < -0.39 is 17.8 Å². The van der Waals surface area contributed by atoms with E-state index in [1.165, 1.54) is 31.2 Å². The quantitative estimate of drug-likeness (QED) is 0.764. The second kappa shape index (κ2) is 8.37. The van der Waals surface area contributed by atoms with Crippen LogP contribution in [-0.4, -0.2) is 61.0 Å². The number of likely N-dealkylation sites (N-methyl/N-ethyl adjacent to an activating group) is 1. The zero-order valence-electron chi connectivity index (χ0n) is 12.0. The van der Waals surface area contributed by atoms with Gasteiger partial charge in [-0.2, -0.15) is 0 Å². The van der Waals surface area contributed by atoms with E-state index in [0.29, 0.717) is 0 Å². The summed E-state index contributed by atoms with van der Waals surface area (Å²) in [5, 5.41) is 18.1. The van der Waals surface area contributed by atoms with E-state index in [1.54, 1.807) is 0 Å². The molecule has 0 saturated heterocycles. The third kappa shape index (κ3) is 5.16. The molecule has 0 aromatic heterocycles. The summed E-state index contributed by atoms with van der Waals surface area (Å²) in [6.45, 7) is -0.164. The van der Waals surface area contributed by atoms with Gasteiger partial charge in [0.2, 0.25) is 0 Å². The Balaban J connectivity index is 2.81. The van der Waals surface area contributed by atoms with Crippen LogP contribution >= 0.6 is 0 Å². The average Bonchev–Trinajstić information content (AvgIpc) is 2.45. The molecule has 1 aromatic carbocycles. The van der Waals surface area contributed by atoms with Crippen molar-refractivity contribution in [3.8, 4) is 11.8 Å². The summed E-state index contributed by atoms with van der Waals surface area (Å²) >= 11 is 0. The molecule has 0 spiro atoms. The van der Waals surface area contributed by atoms with Gasteiger partial charge in [-0.05, 0) is 18.2 Å². The summed E-state index contributed by atoms with van der Waals surface area (Å²) in [5.41, 5.74) is 0.275. The van der Waals surface area contributed by atoms with Gasteiger partial charge in [0.1, 0.15) is 12.4 Å². The van der Waals surface area contributed by atoms with Crippen LogP contribution < -0.4 is 0 Å². The SMILES string of the molecule is COCC(O)CN(C)C(=O)c1ccc(C#CCO)c(F)c1. The summed E-state index contributed by atoms with van der Waals surface area (Å²) in [7, 11) is 2.96. The molecule has 5 nitrogen and oxygen atoms in total. The second-order valence-corrected chi connectivity index (χ2v) is 4.45. The molecular weight excluding hydrogens is 277 g/mol. The first kappa shape index (κ1) is 17.1. The Morgan fingerprint density at radius 2 is 2.24 bits per heavy atom. The number of aliphatic hydroxyl groups excluding tert-OH is 2. The molecule has 0 radical (unpaired) electrons. The van der Waals surface area contributed by atoms with Gasteiger partial charge in [0.15, 0.2) is 0 Å². The van der Waals surface area contributed by atoms with E-state index in [-0.39, 0.29) is 30.9 Å². The smallest absolute Gasteiger partial charge is 0.253 e. The zero-order chi connectivity index (χ0) is 15.8. The van der Waals surface area contributed by atoms with Crippen LogP contribution in [0.4, 0.5) is 4.39 Å². The number of nitrogens with zero attached hydrogens (tertiary/aromatic N) is 1. The van der Waals surface area contributed by atoms with Crippen molar-refractivity contribution in [3.63, 3.8) is 0 Å². The van der Waals surface area contributed by atoms with E-state index >= 15 is 0 Å². The lowest BCUT2D eigenvalue weighted by Gasteiger charge is -2.20. The molecule has 1 aromatic rings. The summed E-state index contributed by atoms with van der Waals surface area (Å²) in [6.07, 6.45) is -0.802. The lowest BCUT2D eigenvalue weighted by Crippen LogP contribution is -2.36. The van der Waals surface area contributed by atoms with E-state index in [0.717, 1.165) is 6.07 Å². The van der Waals surface area contributed by atoms with Crippen LogP contribution in [-0.2, 0) is 4.74 Å². The number of methoxy groups -OCH3 is 1. The maximum absolute atomic E-state index is 13.8. The molecule has 1 unspecified atom stereocenters. The summed E-state index contributed by atoms with van der Waals surface area (Å²) in [5.74, 6) is 3.75. The first-order chi connectivity index (χ1) is 9.99. The fourth-order valence-electron chi connectivity index (χ4n) is 1.75. The topological polar surface area (TPSA) is 70.0 Å². The van der Waals surface area contributed by atoms with Crippen molar-refractivity contribution in [2.24, 2.45) is 0 Å². The Kier molecular flexibility index (Phi) is 6.82. The van der Waals surface area contributed by atoms with Crippen molar-refractivity contribution in [1.82, 2.24) is 4.90 Å². The van der Waals surface area contributed by atoms with Crippen molar-refractivity contribution >= 4 is 5.91 Å². The number of halogens is 1. The largest absolute Gasteiger partial charge is 0.389 e. The number of aliphatic hydroxyl groups is 2. The Labute approximate surface area is 123 Å². The molecule has 0 fully saturated rings. The van der Waals surface area contributed by atoms with Crippen molar-refractivity contribution in [2.45, 2.75) is 6.10 Å². The Morgan fingerprint density at radius 3 is 2.81 bits per heavy atom. The highest BCUT2D eigenvalue weighted by Gasteiger charge is 2.16. The predicted molar refractivity (Wildman–Crippen MR) is 75.2 cm³/mol. The number of hydrogen-bond acceptors (Lipinski definition) is 4. The minimum atomic E-state index is -0.802. The third-order valence-electron chi connectivity index (χ3n) is 2.71. The molecule has 0 aliphatic carbocycles. The monoisotopic (exact) mass is 295 g/mol. The van der Waals surface area contributed by atoms with Crippen molar-refractivity contribution in [3.05, 3.63) is 35.1 Å². The van der Waals surface area contributed by atoms with Gasteiger partial charge >= 0.3 is 0 Å². The van der Waals surface area contributed by atoms with Crippen LogP contribution in [0.15, 0.2) is 18.2 Å². The Bertz CT molecular complexity index is 550. The van der Waals surface area contributed by atoms with Gasteiger partial charge in [-0.1, -0.05) is 11.8 Å². The molecular formula is C15H18FNO4. The fraction of sp³-hybridized carbons (Fsp3) is 0.400. The zero-order valence-corrected chi connectivity index (χ0v) is 12.0. The van der Waals surface area contributed by atoms with Crippen LogP contribution in [0.2, 0.25) is 0 Å². The highest BCUT2D eigenvalue weighted by molar-refractivity contribution is 5.94. The van der Waals surface area contributed by atoms with Crippen molar-refractivity contribution in [1.29, 1.82) is 0 Å². The molecule has 21 heavy (non-hydrogen) atoms. The lowest BCUT2D eigenvalue weighted by atomic mass is 10.1. The van der Waals surface area contributed by atoms with Crippen molar-refractivity contribution in [2.75, 3.05) is 33.9 Å². The average molecular weight is 295 g/mol. The standard InChI is InChI=1S/C15H18FNO4/c1-17(9-13(19)10-21-2)15(20)12-6-5-11(4-3-7-18)14(16)8-12/h5-6,8,13,18-19H,7,9-10H2,1-2H3. The molecule has 114 valence electrons. The van der Waals surface area contributed by atoms with Crippen molar-refractivity contribution < 1.29 is 24.1 Å². The molecule has 0 heterocycles.